The van der Waals surface area contributed by atoms with Crippen LogP contribution in [-0.4, -0.2) is 41.5 Å². The van der Waals surface area contributed by atoms with Gasteiger partial charge in [0.2, 0.25) is 5.91 Å². The minimum absolute atomic E-state index is 0.142. The van der Waals surface area contributed by atoms with E-state index in [-0.39, 0.29) is 5.91 Å². The van der Waals surface area contributed by atoms with Crippen molar-refractivity contribution >= 4 is 23.3 Å². The molecule has 4 nitrogen and oxygen atoms in total. The van der Waals surface area contributed by atoms with Crippen LogP contribution in [0.25, 0.3) is 6.08 Å². The van der Waals surface area contributed by atoms with Crippen molar-refractivity contribution in [1.29, 1.82) is 0 Å². The van der Waals surface area contributed by atoms with Gasteiger partial charge in [0.15, 0.2) is 0 Å². The summed E-state index contributed by atoms with van der Waals surface area (Å²) in [7, 11) is 0. The van der Waals surface area contributed by atoms with Gasteiger partial charge < -0.3 is 5.32 Å². The molecule has 0 saturated heterocycles. The van der Waals surface area contributed by atoms with Crippen molar-refractivity contribution in [3.8, 4) is 0 Å². The van der Waals surface area contributed by atoms with Crippen LogP contribution in [0.2, 0.25) is 0 Å². The van der Waals surface area contributed by atoms with Gasteiger partial charge in [0.25, 0.3) is 0 Å². The molecule has 2 aliphatic heterocycles. The number of amides is 1. The minimum Gasteiger partial charge on any atom is -0.348 e. The Morgan fingerprint density at radius 1 is 1.45 bits per heavy atom. The molecule has 5 heteroatoms. The number of hydrogen-bond acceptors (Lipinski definition) is 4. The van der Waals surface area contributed by atoms with Crippen molar-refractivity contribution in [1.82, 2.24) is 15.2 Å². The largest absolute Gasteiger partial charge is 0.348 e. The van der Waals surface area contributed by atoms with Gasteiger partial charge in [-0.05, 0) is 30.6 Å². The van der Waals surface area contributed by atoms with Crippen molar-refractivity contribution in [3.63, 3.8) is 0 Å². The van der Waals surface area contributed by atoms with E-state index in [1.165, 1.54) is 16.0 Å². The van der Waals surface area contributed by atoms with Gasteiger partial charge in [0.05, 0.1) is 11.2 Å². The predicted molar refractivity (Wildman–Crippen MR) is 88.6 cm³/mol. The zero-order valence-corrected chi connectivity index (χ0v) is 13.4. The fourth-order valence-electron chi connectivity index (χ4n) is 3.44. The molecular formula is C17H19N3OS. The standard InChI is InChI=1S/C17H19N3OS/c1-11(12-3-2-4-16-15(7-12)19-10-22-16)20-6-5-14-13(9-20)8-18-17(14)21/h2-3,7,10-11H,4-6,8-9H2,1H3,(H,18,21)/t11-/m0/s1. The minimum atomic E-state index is 0.142. The lowest BCUT2D eigenvalue weighted by atomic mass is 9.98. The van der Waals surface area contributed by atoms with E-state index in [0.717, 1.165) is 43.7 Å². The first-order valence-corrected chi connectivity index (χ1v) is 8.64. The first kappa shape index (κ1) is 13.9. The maximum atomic E-state index is 11.7. The van der Waals surface area contributed by atoms with Gasteiger partial charge in [-0.3, -0.25) is 9.69 Å². The topological polar surface area (TPSA) is 45.2 Å². The zero-order chi connectivity index (χ0) is 15.1. The highest BCUT2D eigenvalue weighted by atomic mass is 32.1. The summed E-state index contributed by atoms with van der Waals surface area (Å²) in [6, 6.07) is 0.341. The van der Waals surface area contributed by atoms with Gasteiger partial charge in [0.1, 0.15) is 0 Å². The first-order valence-electron chi connectivity index (χ1n) is 7.76. The molecule has 1 aromatic heterocycles. The molecule has 114 valence electrons. The van der Waals surface area contributed by atoms with Crippen molar-refractivity contribution in [2.24, 2.45) is 0 Å². The highest BCUT2D eigenvalue weighted by Crippen LogP contribution is 2.28. The van der Waals surface area contributed by atoms with E-state index < -0.39 is 0 Å². The molecule has 1 atom stereocenters. The van der Waals surface area contributed by atoms with Crippen molar-refractivity contribution in [2.75, 3.05) is 19.6 Å². The van der Waals surface area contributed by atoms with E-state index in [1.54, 1.807) is 11.3 Å². The van der Waals surface area contributed by atoms with Crippen LogP contribution in [0.5, 0.6) is 0 Å². The van der Waals surface area contributed by atoms with Crippen LogP contribution in [0.1, 0.15) is 23.9 Å². The second-order valence-electron chi connectivity index (χ2n) is 6.07. The quantitative estimate of drug-likeness (QED) is 0.910. The van der Waals surface area contributed by atoms with Gasteiger partial charge in [0, 0.05) is 42.5 Å². The highest BCUT2D eigenvalue weighted by molar-refractivity contribution is 7.09. The number of aromatic nitrogens is 1. The predicted octanol–water partition coefficient (Wildman–Crippen LogP) is 2.16. The van der Waals surface area contributed by atoms with Crippen LogP contribution in [0.3, 0.4) is 0 Å². The fourth-order valence-corrected chi connectivity index (χ4v) is 4.16. The maximum absolute atomic E-state index is 11.7. The Morgan fingerprint density at radius 2 is 2.36 bits per heavy atom. The highest BCUT2D eigenvalue weighted by Gasteiger charge is 2.30. The van der Waals surface area contributed by atoms with Gasteiger partial charge in [-0.2, -0.15) is 0 Å². The summed E-state index contributed by atoms with van der Waals surface area (Å²) in [5, 5.41) is 2.94. The molecule has 4 rings (SSSR count). The second kappa shape index (κ2) is 5.48. The summed E-state index contributed by atoms with van der Waals surface area (Å²) >= 11 is 1.73. The summed E-state index contributed by atoms with van der Waals surface area (Å²) in [4.78, 5) is 20.0. The lowest BCUT2D eigenvalue weighted by molar-refractivity contribution is -0.116. The average molecular weight is 313 g/mol. The number of thiazole rings is 1. The summed E-state index contributed by atoms with van der Waals surface area (Å²) in [5.74, 6) is 0.142. The van der Waals surface area contributed by atoms with E-state index in [1.807, 2.05) is 5.51 Å². The third kappa shape index (κ3) is 2.34. The van der Waals surface area contributed by atoms with Crippen LogP contribution in [0.4, 0.5) is 0 Å². The monoisotopic (exact) mass is 313 g/mol. The third-order valence-corrected chi connectivity index (χ3v) is 5.70. The van der Waals surface area contributed by atoms with E-state index >= 15 is 0 Å². The summed E-state index contributed by atoms with van der Waals surface area (Å²) in [5.41, 5.74) is 6.65. The molecule has 0 bridgehead atoms. The molecule has 0 saturated carbocycles. The Bertz CT molecular complexity index is 713. The van der Waals surface area contributed by atoms with E-state index in [0.29, 0.717) is 6.04 Å². The number of carbonyl (C=O) groups excluding carboxylic acids is 1. The molecule has 0 unspecified atom stereocenters. The van der Waals surface area contributed by atoms with Gasteiger partial charge in [-0.1, -0.05) is 12.2 Å². The van der Waals surface area contributed by atoms with Crippen molar-refractivity contribution < 1.29 is 4.79 Å². The van der Waals surface area contributed by atoms with Crippen LogP contribution >= 0.6 is 11.3 Å². The third-order valence-electron chi connectivity index (χ3n) is 4.83. The van der Waals surface area contributed by atoms with Crippen LogP contribution < -0.4 is 5.32 Å². The van der Waals surface area contributed by atoms with Crippen LogP contribution in [0, 0.1) is 0 Å². The fraction of sp³-hybridized carbons (Fsp3) is 0.412. The molecule has 1 amide bonds. The zero-order valence-electron chi connectivity index (χ0n) is 12.6. The molecule has 3 aliphatic rings. The Labute approximate surface area is 134 Å². The normalized spacial score (nSPS) is 22.8. The van der Waals surface area contributed by atoms with E-state index in [9.17, 15) is 4.79 Å². The molecule has 0 radical (unpaired) electrons. The molecular weight excluding hydrogens is 294 g/mol. The number of nitrogens with zero attached hydrogens (tertiary/aromatic N) is 2. The van der Waals surface area contributed by atoms with Crippen LogP contribution in [-0.2, 0) is 11.2 Å². The number of carbonyl (C=O) groups is 1. The molecule has 1 aliphatic carbocycles. The molecule has 1 N–H and O–H groups in total. The molecule has 22 heavy (non-hydrogen) atoms. The number of rotatable bonds is 2. The second-order valence-corrected chi connectivity index (χ2v) is 7.01. The number of nitrogens with one attached hydrogen (secondary N) is 1. The Kier molecular flexibility index (Phi) is 3.47. The summed E-state index contributed by atoms with van der Waals surface area (Å²) < 4.78 is 0. The van der Waals surface area contributed by atoms with Crippen molar-refractivity contribution in [2.45, 2.75) is 25.8 Å². The Hall–Kier alpha value is -1.72. The number of allylic oxidation sites excluding steroid dienone is 1. The van der Waals surface area contributed by atoms with E-state index in [4.69, 9.17) is 0 Å². The van der Waals surface area contributed by atoms with Gasteiger partial charge in [-0.15, -0.1) is 11.3 Å². The molecule has 0 aromatic carbocycles. The average Bonchev–Trinajstić information content (AvgIpc) is 3.07. The molecule has 0 fully saturated rings. The number of fused-ring (bicyclic) bond motifs is 1. The smallest absolute Gasteiger partial charge is 0.247 e. The summed E-state index contributed by atoms with van der Waals surface area (Å²) in [6.45, 7) is 4.82. The van der Waals surface area contributed by atoms with E-state index in [2.05, 4.69) is 40.4 Å². The molecule has 0 spiro atoms. The molecule has 1 aromatic rings. The summed E-state index contributed by atoms with van der Waals surface area (Å²) in [6.07, 6.45) is 8.54. The van der Waals surface area contributed by atoms with Gasteiger partial charge >= 0.3 is 0 Å². The SMILES string of the molecule is C[C@@H](C1=Cc2ncsc2CC=C1)N1CCC2=C(CNC2=O)C1. The van der Waals surface area contributed by atoms with Crippen LogP contribution in [0.15, 0.2) is 34.4 Å². The van der Waals surface area contributed by atoms with Gasteiger partial charge in [-0.25, -0.2) is 4.98 Å². The maximum Gasteiger partial charge on any atom is 0.247 e. The molecule has 3 heterocycles. The van der Waals surface area contributed by atoms with Crippen molar-refractivity contribution in [3.05, 3.63) is 45.0 Å². The number of hydrogen-bond donors (Lipinski definition) is 1. The lowest BCUT2D eigenvalue weighted by Gasteiger charge is -2.33. The first-order chi connectivity index (χ1) is 10.7. The Balaban J connectivity index is 1.57. The lowest BCUT2D eigenvalue weighted by Crippen LogP contribution is -2.39. The Morgan fingerprint density at radius 3 is 3.27 bits per heavy atom.